The van der Waals surface area contributed by atoms with Gasteiger partial charge in [-0.15, -0.1) is 0 Å². The molecule has 3 aromatic carbocycles. The Morgan fingerprint density at radius 1 is 0.903 bits per heavy atom. The Bertz CT molecular complexity index is 1220. The van der Waals surface area contributed by atoms with Gasteiger partial charge in [0.1, 0.15) is 0 Å². The van der Waals surface area contributed by atoms with E-state index in [-0.39, 0.29) is 19.0 Å². The number of aromatic nitrogens is 1. The van der Waals surface area contributed by atoms with Gasteiger partial charge in [-0.2, -0.15) is 0 Å². The molecule has 0 aliphatic heterocycles. The minimum absolute atomic E-state index is 0.0996. The first-order chi connectivity index (χ1) is 15.1. The zero-order chi connectivity index (χ0) is 21.8. The van der Waals surface area contributed by atoms with Crippen molar-refractivity contribution in [2.24, 2.45) is 0 Å². The topological polar surface area (TPSA) is 68.5 Å². The van der Waals surface area contributed by atoms with Crippen LogP contribution in [0.2, 0.25) is 0 Å². The third-order valence-electron chi connectivity index (χ3n) is 5.32. The van der Waals surface area contributed by atoms with Gasteiger partial charge in [-0.1, -0.05) is 60.7 Å². The summed E-state index contributed by atoms with van der Waals surface area (Å²) in [6, 6.07) is 24.0. The Labute approximate surface area is 180 Å². The lowest BCUT2D eigenvalue weighted by atomic mass is 10.0. The van der Waals surface area contributed by atoms with Crippen molar-refractivity contribution >= 4 is 22.7 Å². The summed E-state index contributed by atoms with van der Waals surface area (Å²) in [7, 11) is 0. The quantitative estimate of drug-likeness (QED) is 0.347. The van der Waals surface area contributed by atoms with Crippen LogP contribution in [0.25, 0.3) is 22.2 Å². The van der Waals surface area contributed by atoms with E-state index < -0.39 is 5.97 Å². The summed E-state index contributed by atoms with van der Waals surface area (Å²) >= 11 is 0. The molecule has 0 amide bonds. The third kappa shape index (κ3) is 4.00. The first-order valence-corrected chi connectivity index (χ1v) is 10.2. The normalized spacial score (nSPS) is 10.9. The number of aliphatic hydroxyl groups is 1. The summed E-state index contributed by atoms with van der Waals surface area (Å²) < 4.78 is 7.46. The number of hydrogen-bond acceptors (Lipinski definition) is 4. The number of aliphatic hydroxyl groups excluding tert-OH is 1. The molecule has 4 rings (SSSR count). The van der Waals surface area contributed by atoms with Gasteiger partial charge in [-0.05, 0) is 36.2 Å². The average Bonchev–Trinajstić information content (AvgIpc) is 3.17. The number of nitrogens with zero attached hydrogens (tertiary/aromatic N) is 1. The molecule has 0 atom stereocenters. The van der Waals surface area contributed by atoms with Crippen molar-refractivity contribution < 1.29 is 19.4 Å². The predicted octanol–water partition coefficient (Wildman–Crippen LogP) is 4.86. The summed E-state index contributed by atoms with van der Waals surface area (Å²) in [5.74, 6) is -0.819. The maximum Gasteiger partial charge on any atom is 0.338 e. The average molecular weight is 413 g/mol. The Kier molecular flexibility index (Phi) is 5.96. The van der Waals surface area contributed by atoms with E-state index in [1.165, 1.54) is 0 Å². The largest absolute Gasteiger partial charge is 0.454 e. The minimum Gasteiger partial charge on any atom is -0.454 e. The van der Waals surface area contributed by atoms with Crippen molar-refractivity contribution in [3.8, 4) is 11.3 Å². The van der Waals surface area contributed by atoms with E-state index in [9.17, 15) is 9.59 Å². The number of para-hydroxylation sites is 1. The van der Waals surface area contributed by atoms with E-state index in [0.717, 1.165) is 22.2 Å². The van der Waals surface area contributed by atoms with Crippen molar-refractivity contribution in [1.82, 2.24) is 4.57 Å². The van der Waals surface area contributed by atoms with Gasteiger partial charge >= 0.3 is 5.97 Å². The molecule has 0 saturated heterocycles. The Hall–Kier alpha value is -3.70. The summed E-state index contributed by atoms with van der Waals surface area (Å²) in [4.78, 5) is 25.7. The predicted molar refractivity (Wildman–Crippen MR) is 120 cm³/mol. The molecule has 31 heavy (non-hydrogen) atoms. The fourth-order valence-corrected chi connectivity index (χ4v) is 3.84. The van der Waals surface area contributed by atoms with Crippen molar-refractivity contribution in [2.45, 2.75) is 20.1 Å². The van der Waals surface area contributed by atoms with Gasteiger partial charge in [0.15, 0.2) is 6.61 Å². The highest BCUT2D eigenvalue weighted by molar-refractivity contribution is 6.14. The molecule has 0 fully saturated rings. The van der Waals surface area contributed by atoms with Gasteiger partial charge < -0.3 is 14.4 Å². The second kappa shape index (κ2) is 8.98. The monoisotopic (exact) mass is 413 g/mol. The van der Waals surface area contributed by atoms with Gasteiger partial charge in [0.25, 0.3) is 0 Å². The van der Waals surface area contributed by atoms with Crippen molar-refractivity contribution in [2.75, 3.05) is 6.61 Å². The smallest absolute Gasteiger partial charge is 0.338 e. The van der Waals surface area contributed by atoms with E-state index in [4.69, 9.17) is 9.84 Å². The summed E-state index contributed by atoms with van der Waals surface area (Å²) in [5.41, 5.74) is 4.34. The molecule has 5 nitrogen and oxygen atoms in total. The maximum atomic E-state index is 13.3. The Morgan fingerprint density at radius 2 is 1.58 bits per heavy atom. The molecule has 5 heteroatoms. The number of ether oxygens (including phenoxy) is 1. The molecule has 0 aliphatic rings. The number of esters is 1. The van der Waals surface area contributed by atoms with Crippen LogP contribution in [-0.2, 0) is 17.9 Å². The number of carbonyl (C=O) groups is 2. The molecule has 1 heterocycles. The first kappa shape index (κ1) is 20.6. The number of carbonyl (C=O) groups excluding carboxylic acids is 2. The molecule has 4 aromatic rings. The maximum absolute atomic E-state index is 13.3. The number of rotatable bonds is 7. The van der Waals surface area contributed by atoms with Gasteiger partial charge in [-0.3, -0.25) is 4.79 Å². The summed E-state index contributed by atoms with van der Waals surface area (Å²) in [6.07, 6.45) is 0. The van der Waals surface area contributed by atoms with Crippen molar-refractivity contribution in [3.63, 3.8) is 0 Å². The number of benzene rings is 3. The highest BCUT2D eigenvalue weighted by Gasteiger charge is 2.24. The lowest BCUT2D eigenvalue weighted by Gasteiger charge is -2.11. The van der Waals surface area contributed by atoms with Crippen LogP contribution in [0.5, 0.6) is 0 Å². The highest BCUT2D eigenvalue weighted by atomic mass is 16.5. The van der Waals surface area contributed by atoms with Gasteiger partial charge in [0.05, 0.1) is 23.4 Å². The van der Waals surface area contributed by atoms with Crippen molar-refractivity contribution in [1.29, 1.82) is 0 Å². The third-order valence-corrected chi connectivity index (χ3v) is 5.32. The molecule has 0 spiro atoms. The summed E-state index contributed by atoms with van der Waals surface area (Å²) in [5, 5.41) is 9.98. The Balaban J connectivity index is 1.68. The number of fused-ring (bicyclic) bond motifs is 1. The van der Waals surface area contributed by atoms with Gasteiger partial charge in [-0.25, -0.2) is 4.79 Å². The van der Waals surface area contributed by atoms with Crippen LogP contribution < -0.4 is 0 Å². The molecular formula is C26H23NO4. The lowest BCUT2D eigenvalue weighted by Crippen LogP contribution is -2.15. The van der Waals surface area contributed by atoms with E-state index in [1.807, 2.05) is 61.5 Å². The fraction of sp³-hybridized carbons (Fsp3) is 0.154. The molecule has 0 radical (unpaired) electrons. The van der Waals surface area contributed by atoms with Crippen LogP contribution in [-0.4, -0.2) is 28.0 Å². The van der Waals surface area contributed by atoms with Crippen LogP contribution in [0.3, 0.4) is 0 Å². The second-order valence-corrected chi connectivity index (χ2v) is 7.21. The standard InChI is InChI=1S/C26H23NO4/c1-2-27-22-11-7-6-10-21(22)24(25(27)19-8-4-3-5-9-19)23(29)17-31-26(30)20-14-12-18(16-28)13-15-20/h3-15,28H,2,16-17H2,1H3. The molecule has 0 aliphatic carbocycles. The number of ketones is 1. The Morgan fingerprint density at radius 3 is 2.26 bits per heavy atom. The number of hydrogen-bond donors (Lipinski definition) is 1. The fourth-order valence-electron chi connectivity index (χ4n) is 3.84. The minimum atomic E-state index is -0.571. The van der Waals surface area contributed by atoms with Gasteiger partial charge in [0.2, 0.25) is 5.78 Å². The van der Waals surface area contributed by atoms with E-state index in [2.05, 4.69) is 4.57 Å². The number of Topliss-reactive ketones (excluding diaryl/α,β-unsaturated/α-hetero) is 1. The van der Waals surface area contributed by atoms with Crippen LogP contribution in [0.15, 0.2) is 78.9 Å². The van der Waals surface area contributed by atoms with Crippen LogP contribution in [0, 0.1) is 0 Å². The second-order valence-electron chi connectivity index (χ2n) is 7.21. The van der Waals surface area contributed by atoms with Gasteiger partial charge in [0, 0.05) is 17.4 Å². The molecule has 1 N–H and O–H groups in total. The molecule has 1 aromatic heterocycles. The van der Waals surface area contributed by atoms with Crippen LogP contribution in [0.1, 0.15) is 33.2 Å². The molecule has 156 valence electrons. The lowest BCUT2D eigenvalue weighted by molar-refractivity contribution is 0.0475. The molecule has 0 unspecified atom stereocenters. The number of aryl methyl sites for hydroxylation is 1. The summed E-state index contributed by atoms with van der Waals surface area (Å²) in [6.45, 7) is 2.30. The van der Waals surface area contributed by atoms with E-state index in [1.54, 1.807) is 24.3 Å². The molecule has 0 saturated carbocycles. The molecule has 0 bridgehead atoms. The zero-order valence-electron chi connectivity index (χ0n) is 17.2. The highest BCUT2D eigenvalue weighted by Crippen LogP contribution is 2.34. The van der Waals surface area contributed by atoms with E-state index >= 15 is 0 Å². The van der Waals surface area contributed by atoms with Crippen LogP contribution in [0.4, 0.5) is 0 Å². The van der Waals surface area contributed by atoms with Crippen LogP contribution >= 0.6 is 0 Å². The first-order valence-electron chi connectivity index (χ1n) is 10.2. The zero-order valence-corrected chi connectivity index (χ0v) is 17.2. The molecular weight excluding hydrogens is 390 g/mol. The SMILES string of the molecule is CCn1c(-c2ccccc2)c(C(=O)COC(=O)c2ccc(CO)cc2)c2ccccc21. The van der Waals surface area contributed by atoms with Crippen molar-refractivity contribution in [3.05, 3.63) is 95.6 Å². The van der Waals surface area contributed by atoms with E-state index in [0.29, 0.717) is 23.2 Å².